The molecular weight excluding hydrogens is 474 g/mol. The van der Waals surface area contributed by atoms with Crippen molar-refractivity contribution in [2.75, 3.05) is 13.2 Å². The zero-order valence-corrected chi connectivity index (χ0v) is 22.1. The highest BCUT2D eigenvalue weighted by atomic mass is 79.9. The van der Waals surface area contributed by atoms with E-state index in [-0.39, 0.29) is 6.04 Å². The lowest BCUT2D eigenvalue weighted by Crippen LogP contribution is -2.43. The van der Waals surface area contributed by atoms with Crippen molar-refractivity contribution < 1.29 is 4.74 Å². The van der Waals surface area contributed by atoms with Crippen molar-refractivity contribution in [3.05, 3.63) is 80.1 Å². The molecule has 176 valence electrons. The van der Waals surface area contributed by atoms with E-state index in [9.17, 15) is 0 Å². The molecule has 0 aliphatic carbocycles. The minimum Gasteiger partial charge on any atom is -0.380 e. The third kappa shape index (κ3) is 4.96. The number of ether oxygens (including phenoxy) is 1. The Balaban J connectivity index is 1.76. The number of benzene rings is 2. The van der Waals surface area contributed by atoms with Gasteiger partial charge in [-0.2, -0.15) is 5.10 Å². The Morgan fingerprint density at radius 1 is 1.09 bits per heavy atom. The molecule has 2 unspecified atom stereocenters. The second-order valence-corrected chi connectivity index (χ2v) is 9.98. The van der Waals surface area contributed by atoms with E-state index in [2.05, 4.69) is 96.9 Å². The molecule has 4 rings (SSSR count). The maximum absolute atomic E-state index is 5.79. The summed E-state index contributed by atoms with van der Waals surface area (Å²) >= 11 is 3.65. The fourth-order valence-electron chi connectivity index (χ4n) is 5.34. The molecule has 0 radical (unpaired) electrons. The van der Waals surface area contributed by atoms with E-state index >= 15 is 0 Å². The standard InChI is InChI=1S/C28H36BrN3O/c1-6-25-24(27(7-2)32(31-25)28-18(4)13-21(29)14-19(28)5)16-26-23-12-10-9-11-20(23)15-22(30-26)17-33-8-3/h9-14,22,26,30H,6-8,15-17H2,1-5H3. The molecule has 1 aliphatic rings. The van der Waals surface area contributed by atoms with Crippen LogP contribution >= 0.6 is 15.9 Å². The van der Waals surface area contributed by atoms with Gasteiger partial charge in [-0.1, -0.05) is 54.0 Å². The van der Waals surface area contributed by atoms with Crippen molar-refractivity contribution in [3.8, 4) is 5.69 Å². The average Bonchev–Trinajstić information content (AvgIpc) is 3.13. The van der Waals surface area contributed by atoms with Crippen molar-refractivity contribution >= 4 is 15.9 Å². The van der Waals surface area contributed by atoms with Gasteiger partial charge in [-0.15, -0.1) is 0 Å². The summed E-state index contributed by atoms with van der Waals surface area (Å²) in [5, 5.41) is 9.07. The summed E-state index contributed by atoms with van der Waals surface area (Å²) in [6.45, 7) is 12.4. The number of aryl methyl sites for hydroxylation is 3. The molecule has 5 heteroatoms. The lowest BCUT2D eigenvalue weighted by Gasteiger charge is -2.33. The van der Waals surface area contributed by atoms with Gasteiger partial charge in [0.1, 0.15) is 0 Å². The van der Waals surface area contributed by atoms with Crippen LogP contribution in [0.25, 0.3) is 5.69 Å². The second-order valence-electron chi connectivity index (χ2n) is 9.06. The molecule has 0 fully saturated rings. The summed E-state index contributed by atoms with van der Waals surface area (Å²) in [6.07, 6.45) is 3.85. The van der Waals surface area contributed by atoms with Crippen LogP contribution in [-0.2, 0) is 30.4 Å². The van der Waals surface area contributed by atoms with Crippen LogP contribution in [0.15, 0.2) is 40.9 Å². The summed E-state index contributed by atoms with van der Waals surface area (Å²) in [4.78, 5) is 0. The van der Waals surface area contributed by atoms with Crippen LogP contribution < -0.4 is 5.32 Å². The fraction of sp³-hybridized carbons (Fsp3) is 0.464. The molecule has 0 bridgehead atoms. The summed E-state index contributed by atoms with van der Waals surface area (Å²) in [5.74, 6) is 0. The number of nitrogens with zero attached hydrogens (tertiary/aromatic N) is 2. The van der Waals surface area contributed by atoms with Gasteiger partial charge in [-0.05, 0) is 86.4 Å². The highest BCUT2D eigenvalue weighted by molar-refractivity contribution is 9.10. The minimum atomic E-state index is 0.265. The molecule has 2 aromatic carbocycles. The molecule has 2 heterocycles. The second kappa shape index (κ2) is 10.5. The molecule has 0 amide bonds. The third-order valence-electron chi connectivity index (χ3n) is 6.78. The van der Waals surface area contributed by atoms with Gasteiger partial charge < -0.3 is 10.1 Å². The van der Waals surface area contributed by atoms with Crippen LogP contribution in [0.4, 0.5) is 0 Å². The van der Waals surface area contributed by atoms with E-state index < -0.39 is 0 Å². The number of nitrogens with one attached hydrogen (secondary N) is 1. The van der Waals surface area contributed by atoms with E-state index in [1.54, 1.807) is 0 Å². The zero-order chi connectivity index (χ0) is 23.5. The first-order valence-electron chi connectivity index (χ1n) is 12.2. The summed E-state index contributed by atoms with van der Waals surface area (Å²) < 4.78 is 9.13. The first-order chi connectivity index (χ1) is 16.0. The van der Waals surface area contributed by atoms with Gasteiger partial charge in [-0.3, -0.25) is 0 Å². The predicted molar refractivity (Wildman–Crippen MR) is 140 cm³/mol. The van der Waals surface area contributed by atoms with E-state index in [4.69, 9.17) is 9.84 Å². The normalized spacial score (nSPS) is 17.9. The number of rotatable bonds is 8. The molecule has 0 saturated heterocycles. The van der Waals surface area contributed by atoms with Crippen molar-refractivity contribution in [3.63, 3.8) is 0 Å². The monoisotopic (exact) mass is 509 g/mol. The van der Waals surface area contributed by atoms with E-state index in [1.807, 2.05) is 0 Å². The van der Waals surface area contributed by atoms with Gasteiger partial charge in [0.05, 0.1) is 18.0 Å². The molecule has 1 aromatic heterocycles. The largest absolute Gasteiger partial charge is 0.380 e. The van der Waals surface area contributed by atoms with Gasteiger partial charge in [-0.25, -0.2) is 4.68 Å². The molecule has 4 nitrogen and oxygen atoms in total. The first-order valence-corrected chi connectivity index (χ1v) is 13.0. The van der Waals surface area contributed by atoms with Crippen LogP contribution in [0.3, 0.4) is 0 Å². The van der Waals surface area contributed by atoms with E-state index in [1.165, 1.54) is 44.9 Å². The Kier molecular flexibility index (Phi) is 7.72. The predicted octanol–water partition coefficient (Wildman–Crippen LogP) is 6.21. The van der Waals surface area contributed by atoms with Crippen molar-refractivity contribution in [2.24, 2.45) is 0 Å². The highest BCUT2D eigenvalue weighted by Crippen LogP contribution is 2.33. The van der Waals surface area contributed by atoms with E-state index in [0.29, 0.717) is 6.04 Å². The number of aromatic nitrogens is 2. The van der Waals surface area contributed by atoms with Crippen LogP contribution in [0.1, 0.15) is 66.0 Å². The van der Waals surface area contributed by atoms with Gasteiger partial charge >= 0.3 is 0 Å². The van der Waals surface area contributed by atoms with Crippen molar-refractivity contribution in [1.29, 1.82) is 0 Å². The third-order valence-corrected chi connectivity index (χ3v) is 7.23. The quantitative estimate of drug-likeness (QED) is 0.392. The Morgan fingerprint density at radius 3 is 2.48 bits per heavy atom. The van der Waals surface area contributed by atoms with Crippen molar-refractivity contribution in [1.82, 2.24) is 15.1 Å². The van der Waals surface area contributed by atoms with Gasteiger partial charge in [0.15, 0.2) is 0 Å². The van der Waals surface area contributed by atoms with Crippen LogP contribution in [0.5, 0.6) is 0 Å². The van der Waals surface area contributed by atoms with Crippen LogP contribution in [0, 0.1) is 13.8 Å². The molecule has 3 aromatic rings. The molecular formula is C28H36BrN3O. The highest BCUT2D eigenvalue weighted by Gasteiger charge is 2.29. The number of halogens is 1. The van der Waals surface area contributed by atoms with Crippen LogP contribution in [0.2, 0.25) is 0 Å². The Labute approximate surface area is 206 Å². The number of fused-ring (bicyclic) bond motifs is 1. The molecule has 2 atom stereocenters. The smallest absolute Gasteiger partial charge is 0.0708 e. The summed E-state index contributed by atoms with van der Waals surface area (Å²) in [7, 11) is 0. The molecule has 1 N–H and O–H groups in total. The number of hydrogen-bond acceptors (Lipinski definition) is 3. The maximum Gasteiger partial charge on any atom is 0.0708 e. The van der Waals surface area contributed by atoms with Gasteiger partial charge in [0.25, 0.3) is 0 Å². The van der Waals surface area contributed by atoms with E-state index in [0.717, 1.165) is 43.4 Å². The topological polar surface area (TPSA) is 39.1 Å². The van der Waals surface area contributed by atoms with Crippen LogP contribution in [-0.4, -0.2) is 29.0 Å². The molecule has 33 heavy (non-hydrogen) atoms. The van der Waals surface area contributed by atoms with Crippen molar-refractivity contribution in [2.45, 2.75) is 72.4 Å². The Hall–Kier alpha value is -1.95. The maximum atomic E-state index is 5.79. The van der Waals surface area contributed by atoms with Gasteiger partial charge in [0, 0.05) is 28.9 Å². The summed E-state index contributed by atoms with van der Waals surface area (Å²) in [5.41, 5.74) is 10.5. The lowest BCUT2D eigenvalue weighted by molar-refractivity contribution is 0.115. The molecule has 1 aliphatic heterocycles. The van der Waals surface area contributed by atoms with Gasteiger partial charge in [0.2, 0.25) is 0 Å². The Bertz CT molecular complexity index is 1100. The minimum absolute atomic E-state index is 0.265. The summed E-state index contributed by atoms with van der Waals surface area (Å²) in [6, 6.07) is 13.9. The SMILES string of the molecule is CCOCC1Cc2ccccc2C(Cc2c(CC)nn(-c3c(C)cc(Br)cc3C)c2CC)N1. The zero-order valence-electron chi connectivity index (χ0n) is 20.5. The Morgan fingerprint density at radius 2 is 1.82 bits per heavy atom. The number of hydrogen-bond donors (Lipinski definition) is 1. The molecule has 0 saturated carbocycles. The fourth-order valence-corrected chi connectivity index (χ4v) is 6.03. The lowest BCUT2D eigenvalue weighted by atomic mass is 9.86. The molecule has 0 spiro atoms. The average molecular weight is 511 g/mol. The first kappa shape index (κ1) is 24.2.